The SMILES string of the molecule is O=C(NC(=S)Nc1ccc(Cl)c([N+](=O)[O-])c1)c1sc2ccccc2c1Cl. The van der Waals surface area contributed by atoms with Crippen LogP contribution in [0.2, 0.25) is 10.0 Å². The Labute approximate surface area is 166 Å². The number of halogens is 2. The summed E-state index contributed by atoms with van der Waals surface area (Å²) in [5.41, 5.74) is 0.0622. The molecule has 3 rings (SSSR count). The van der Waals surface area contributed by atoms with Crippen molar-refractivity contribution in [2.24, 2.45) is 0 Å². The van der Waals surface area contributed by atoms with Gasteiger partial charge in [-0.3, -0.25) is 20.2 Å². The predicted molar refractivity (Wildman–Crippen MR) is 109 cm³/mol. The standard InChI is InChI=1S/C16H9Cl2N3O3S2/c17-10-6-5-8(7-11(10)21(23)24)19-16(25)20-15(22)14-13(18)9-3-1-2-4-12(9)26-14/h1-7H,(H2,19,20,22,25). The van der Waals surface area contributed by atoms with Crippen LogP contribution in [0.5, 0.6) is 0 Å². The molecule has 0 saturated heterocycles. The molecule has 2 N–H and O–H groups in total. The lowest BCUT2D eigenvalue weighted by Crippen LogP contribution is -2.33. The van der Waals surface area contributed by atoms with Crippen molar-refractivity contribution >= 4 is 79.2 Å². The van der Waals surface area contributed by atoms with Crippen LogP contribution in [0.15, 0.2) is 42.5 Å². The second-order valence-corrected chi connectivity index (χ2v) is 7.32. The van der Waals surface area contributed by atoms with Crippen molar-refractivity contribution in [1.82, 2.24) is 5.32 Å². The molecule has 0 unspecified atom stereocenters. The Morgan fingerprint density at radius 2 is 1.92 bits per heavy atom. The van der Waals surface area contributed by atoms with Crippen LogP contribution < -0.4 is 10.6 Å². The minimum atomic E-state index is -0.605. The van der Waals surface area contributed by atoms with Gasteiger partial charge in [0.1, 0.15) is 9.90 Å². The first-order valence-electron chi connectivity index (χ1n) is 7.10. The molecule has 0 aliphatic rings. The number of rotatable bonds is 3. The van der Waals surface area contributed by atoms with E-state index in [-0.39, 0.29) is 15.8 Å². The van der Waals surface area contributed by atoms with Gasteiger partial charge in [-0.05, 0) is 30.4 Å². The van der Waals surface area contributed by atoms with Crippen molar-refractivity contribution < 1.29 is 9.72 Å². The summed E-state index contributed by atoms with van der Waals surface area (Å²) < 4.78 is 0.884. The number of hydrogen-bond donors (Lipinski definition) is 2. The van der Waals surface area contributed by atoms with Gasteiger partial charge >= 0.3 is 0 Å². The van der Waals surface area contributed by atoms with E-state index >= 15 is 0 Å². The van der Waals surface area contributed by atoms with E-state index in [0.29, 0.717) is 15.6 Å². The van der Waals surface area contributed by atoms with Crippen LogP contribution in [0.25, 0.3) is 10.1 Å². The van der Waals surface area contributed by atoms with E-state index in [4.69, 9.17) is 35.4 Å². The van der Waals surface area contributed by atoms with E-state index in [2.05, 4.69) is 10.6 Å². The molecule has 0 radical (unpaired) electrons. The lowest BCUT2D eigenvalue weighted by atomic mass is 10.2. The minimum Gasteiger partial charge on any atom is -0.332 e. The first-order chi connectivity index (χ1) is 12.4. The van der Waals surface area contributed by atoms with E-state index in [1.54, 1.807) is 0 Å². The summed E-state index contributed by atoms with van der Waals surface area (Å²) in [4.78, 5) is 23.1. The Kier molecular flexibility index (Phi) is 5.38. The van der Waals surface area contributed by atoms with Crippen LogP contribution >= 0.6 is 46.8 Å². The van der Waals surface area contributed by atoms with Gasteiger partial charge in [0, 0.05) is 21.8 Å². The quantitative estimate of drug-likeness (QED) is 0.340. The fourth-order valence-electron chi connectivity index (χ4n) is 2.21. The fraction of sp³-hybridized carbons (Fsp3) is 0. The number of nitrogens with zero attached hydrogens (tertiary/aromatic N) is 1. The number of nitrogens with one attached hydrogen (secondary N) is 2. The van der Waals surface area contributed by atoms with Crippen molar-refractivity contribution in [1.29, 1.82) is 0 Å². The Hall–Kier alpha value is -2.26. The van der Waals surface area contributed by atoms with Crippen LogP contribution in [0.4, 0.5) is 11.4 Å². The molecule has 0 fully saturated rings. The van der Waals surface area contributed by atoms with Crippen LogP contribution in [0.1, 0.15) is 9.67 Å². The molecule has 1 heterocycles. The van der Waals surface area contributed by atoms with E-state index in [0.717, 1.165) is 10.1 Å². The molecule has 2 aromatic carbocycles. The first-order valence-corrected chi connectivity index (χ1v) is 9.08. The van der Waals surface area contributed by atoms with E-state index in [1.165, 1.54) is 29.5 Å². The molecular weight excluding hydrogens is 417 g/mol. The third-order valence-corrected chi connectivity index (χ3v) is 5.57. The molecule has 0 spiro atoms. The molecule has 26 heavy (non-hydrogen) atoms. The number of nitro groups is 1. The van der Waals surface area contributed by atoms with Crippen molar-refractivity contribution in [2.45, 2.75) is 0 Å². The number of carbonyl (C=O) groups excluding carboxylic acids is 1. The van der Waals surface area contributed by atoms with Crippen molar-refractivity contribution in [3.63, 3.8) is 0 Å². The molecule has 0 bridgehead atoms. The maximum Gasteiger partial charge on any atom is 0.289 e. The monoisotopic (exact) mass is 425 g/mol. The summed E-state index contributed by atoms with van der Waals surface area (Å²) in [6.07, 6.45) is 0. The van der Waals surface area contributed by atoms with Crippen LogP contribution in [-0.4, -0.2) is 15.9 Å². The summed E-state index contributed by atoms with van der Waals surface area (Å²) in [5.74, 6) is -0.461. The smallest absolute Gasteiger partial charge is 0.289 e. The number of nitro benzene ring substituents is 1. The molecule has 132 valence electrons. The summed E-state index contributed by atoms with van der Waals surface area (Å²) in [7, 11) is 0. The zero-order valence-corrected chi connectivity index (χ0v) is 15.9. The number of hydrogen-bond acceptors (Lipinski definition) is 5. The lowest BCUT2D eigenvalue weighted by molar-refractivity contribution is -0.384. The number of thiocarbonyl (C=S) groups is 1. The Balaban J connectivity index is 1.75. The molecular formula is C16H9Cl2N3O3S2. The van der Waals surface area contributed by atoms with Gasteiger partial charge in [-0.2, -0.15) is 0 Å². The molecule has 1 aromatic heterocycles. The molecule has 6 nitrogen and oxygen atoms in total. The highest BCUT2D eigenvalue weighted by Crippen LogP contribution is 2.35. The summed E-state index contributed by atoms with van der Waals surface area (Å²) >= 11 is 18.4. The van der Waals surface area contributed by atoms with E-state index in [1.807, 2.05) is 24.3 Å². The van der Waals surface area contributed by atoms with Gasteiger partial charge in [-0.1, -0.05) is 41.4 Å². The summed E-state index contributed by atoms with van der Waals surface area (Å²) in [6, 6.07) is 11.5. The van der Waals surface area contributed by atoms with E-state index < -0.39 is 10.8 Å². The van der Waals surface area contributed by atoms with Gasteiger partial charge in [0.15, 0.2) is 5.11 Å². The molecule has 0 aliphatic carbocycles. The fourth-order valence-corrected chi connectivity index (χ4v) is 4.02. The third-order valence-electron chi connectivity index (χ3n) is 3.37. The van der Waals surface area contributed by atoms with Gasteiger partial charge in [-0.25, -0.2) is 0 Å². The average molecular weight is 426 g/mol. The Bertz CT molecular complexity index is 1050. The predicted octanol–water partition coefficient (Wildman–Crippen LogP) is 5.24. The topological polar surface area (TPSA) is 84.3 Å². The number of fused-ring (bicyclic) bond motifs is 1. The lowest BCUT2D eigenvalue weighted by Gasteiger charge is -2.09. The minimum absolute atomic E-state index is 0.00700. The highest BCUT2D eigenvalue weighted by Gasteiger charge is 2.18. The second-order valence-electron chi connectivity index (χ2n) is 5.07. The number of benzene rings is 2. The molecule has 10 heteroatoms. The number of carbonyl (C=O) groups is 1. The Morgan fingerprint density at radius 3 is 2.62 bits per heavy atom. The van der Waals surface area contributed by atoms with Crippen LogP contribution in [0, 0.1) is 10.1 Å². The molecule has 0 saturated carbocycles. The Morgan fingerprint density at radius 1 is 1.19 bits per heavy atom. The van der Waals surface area contributed by atoms with Crippen molar-refractivity contribution in [3.8, 4) is 0 Å². The normalized spacial score (nSPS) is 10.5. The highest BCUT2D eigenvalue weighted by molar-refractivity contribution is 7.80. The largest absolute Gasteiger partial charge is 0.332 e. The van der Waals surface area contributed by atoms with Crippen molar-refractivity contribution in [3.05, 3.63) is 67.5 Å². The number of anilines is 1. The summed E-state index contributed by atoms with van der Waals surface area (Å²) in [5, 5.41) is 17.3. The van der Waals surface area contributed by atoms with E-state index in [9.17, 15) is 14.9 Å². The molecule has 3 aromatic rings. The zero-order valence-electron chi connectivity index (χ0n) is 12.8. The van der Waals surface area contributed by atoms with Gasteiger partial charge in [0.05, 0.1) is 9.95 Å². The first kappa shape index (κ1) is 18.5. The maximum atomic E-state index is 12.4. The van der Waals surface area contributed by atoms with Crippen molar-refractivity contribution in [2.75, 3.05) is 5.32 Å². The second kappa shape index (κ2) is 7.55. The molecule has 0 aliphatic heterocycles. The zero-order chi connectivity index (χ0) is 18.8. The number of amides is 1. The average Bonchev–Trinajstić information content (AvgIpc) is 2.93. The van der Waals surface area contributed by atoms with Gasteiger partial charge in [0.25, 0.3) is 11.6 Å². The van der Waals surface area contributed by atoms with Crippen LogP contribution in [-0.2, 0) is 0 Å². The molecule has 1 amide bonds. The highest BCUT2D eigenvalue weighted by atomic mass is 35.5. The van der Waals surface area contributed by atoms with Gasteiger partial charge < -0.3 is 5.32 Å². The maximum absolute atomic E-state index is 12.4. The third kappa shape index (κ3) is 3.78. The van der Waals surface area contributed by atoms with Gasteiger partial charge in [0.2, 0.25) is 0 Å². The van der Waals surface area contributed by atoms with Crippen LogP contribution in [0.3, 0.4) is 0 Å². The number of thiophene rings is 1. The molecule has 0 atom stereocenters. The van der Waals surface area contributed by atoms with Gasteiger partial charge in [-0.15, -0.1) is 11.3 Å². The summed E-state index contributed by atoms with van der Waals surface area (Å²) in [6.45, 7) is 0.